The number of hydrogen-bond donors (Lipinski definition) is 1. The van der Waals surface area contributed by atoms with E-state index in [4.69, 9.17) is 21.2 Å². The zero-order valence-corrected chi connectivity index (χ0v) is 12.3. The highest BCUT2D eigenvalue weighted by atomic mass is 35.5. The summed E-state index contributed by atoms with van der Waals surface area (Å²) in [6.07, 6.45) is 1.12. The maximum absolute atomic E-state index is 12.4. The lowest BCUT2D eigenvalue weighted by Crippen LogP contribution is -2.40. The Morgan fingerprint density at radius 2 is 2.18 bits per heavy atom. The van der Waals surface area contributed by atoms with E-state index in [9.17, 15) is 9.59 Å². The van der Waals surface area contributed by atoms with Gasteiger partial charge < -0.3 is 14.5 Å². The summed E-state index contributed by atoms with van der Waals surface area (Å²) in [7, 11) is 0. The minimum atomic E-state index is -1.000. The van der Waals surface area contributed by atoms with E-state index in [2.05, 4.69) is 5.16 Å². The molecule has 0 radical (unpaired) electrons. The molecule has 1 aromatic heterocycles. The van der Waals surface area contributed by atoms with Crippen LogP contribution in [0.5, 0.6) is 0 Å². The monoisotopic (exact) mass is 320 g/mol. The third kappa shape index (κ3) is 2.69. The van der Waals surface area contributed by atoms with Crippen LogP contribution in [0.1, 0.15) is 23.4 Å². The molecular weight excluding hydrogens is 308 g/mol. The summed E-state index contributed by atoms with van der Waals surface area (Å²) in [6.45, 7) is 0.406. The number of aromatic nitrogens is 1. The first-order chi connectivity index (χ1) is 10.6. The summed E-state index contributed by atoms with van der Waals surface area (Å²) in [6, 6.07) is 7.73. The molecule has 0 saturated carbocycles. The molecule has 3 rings (SSSR count). The summed E-state index contributed by atoms with van der Waals surface area (Å²) in [5.41, 5.74) is 1.21. The number of nitrogens with zero attached hydrogens (tertiary/aromatic N) is 2. The SMILES string of the molecule is O=C(O)C1CCCN1C(=O)c1cc(-c2cccc(Cl)c2)no1. The van der Waals surface area contributed by atoms with Gasteiger partial charge in [0.2, 0.25) is 5.76 Å². The van der Waals surface area contributed by atoms with Gasteiger partial charge in [-0.2, -0.15) is 0 Å². The van der Waals surface area contributed by atoms with Gasteiger partial charge in [-0.05, 0) is 25.0 Å². The maximum atomic E-state index is 12.4. The Balaban J connectivity index is 1.84. The second kappa shape index (κ2) is 5.81. The molecule has 1 amide bonds. The Morgan fingerprint density at radius 1 is 1.36 bits per heavy atom. The molecule has 2 heterocycles. The lowest BCUT2D eigenvalue weighted by atomic mass is 10.1. The molecule has 1 atom stereocenters. The number of carboxylic acids is 1. The lowest BCUT2D eigenvalue weighted by molar-refractivity contribution is -0.141. The highest BCUT2D eigenvalue weighted by Crippen LogP contribution is 2.25. The Bertz CT molecular complexity index is 728. The maximum Gasteiger partial charge on any atom is 0.326 e. The van der Waals surface area contributed by atoms with Crippen LogP contribution < -0.4 is 0 Å². The number of carboxylic acid groups (broad SMARTS) is 1. The standard InChI is InChI=1S/C15H13ClN2O4/c16-10-4-1-3-9(7-10)11-8-13(22-17-11)14(19)18-6-2-5-12(18)15(20)21/h1,3-4,7-8,12H,2,5-6H2,(H,20,21). The normalized spacial score (nSPS) is 17.7. The van der Waals surface area contributed by atoms with Gasteiger partial charge in [0.05, 0.1) is 0 Å². The van der Waals surface area contributed by atoms with Crippen molar-refractivity contribution < 1.29 is 19.2 Å². The minimum absolute atomic E-state index is 0.0307. The fourth-order valence-electron chi connectivity index (χ4n) is 2.57. The first-order valence-electron chi connectivity index (χ1n) is 6.82. The van der Waals surface area contributed by atoms with Crippen LogP contribution in [0, 0.1) is 0 Å². The number of carbonyl (C=O) groups excluding carboxylic acids is 1. The number of carbonyl (C=O) groups is 2. The molecule has 0 bridgehead atoms. The van der Waals surface area contributed by atoms with Crippen LogP contribution in [0.25, 0.3) is 11.3 Å². The molecule has 7 heteroatoms. The number of benzene rings is 1. The zero-order valence-electron chi connectivity index (χ0n) is 11.5. The molecule has 1 fully saturated rings. The summed E-state index contributed by atoms with van der Waals surface area (Å²) in [4.78, 5) is 24.8. The van der Waals surface area contributed by atoms with Crippen molar-refractivity contribution in [1.29, 1.82) is 0 Å². The summed E-state index contributed by atoms with van der Waals surface area (Å²) < 4.78 is 5.08. The second-order valence-corrected chi connectivity index (χ2v) is 5.52. The molecule has 0 spiro atoms. The molecule has 1 unspecified atom stereocenters. The average molecular weight is 321 g/mol. The van der Waals surface area contributed by atoms with Crippen LogP contribution in [0.3, 0.4) is 0 Å². The van der Waals surface area contributed by atoms with Crippen molar-refractivity contribution in [3.05, 3.63) is 41.1 Å². The largest absolute Gasteiger partial charge is 0.480 e. The Labute approximate surface area is 131 Å². The van der Waals surface area contributed by atoms with E-state index < -0.39 is 17.9 Å². The fraction of sp³-hybridized carbons (Fsp3) is 0.267. The van der Waals surface area contributed by atoms with Gasteiger partial charge in [0.1, 0.15) is 11.7 Å². The van der Waals surface area contributed by atoms with Crippen molar-refractivity contribution in [1.82, 2.24) is 10.1 Å². The molecule has 6 nitrogen and oxygen atoms in total. The first-order valence-corrected chi connectivity index (χ1v) is 7.20. The van der Waals surface area contributed by atoms with Gasteiger partial charge in [0.25, 0.3) is 5.91 Å². The number of halogens is 1. The zero-order chi connectivity index (χ0) is 15.7. The predicted octanol–water partition coefficient (Wildman–Crippen LogP) is 2.68. The number of rotatable bonds is 3. The van der Waals surface area contributed by atoms with Crippen molar-refractivity contribution >= 4 is 23.5 Å². The van der Waals surface area contributed by atoms with Gasteiger partial charge in [0.15, 0.2) is 0 Å². The molecule has 1 N–H and O–H groups in total. The Kier molecular flexibility index (Phi) is 3.85. The second-order valence-electron chi connectivity index (χ2n) is 5.08. The minimum Gasteiger partial charge on any atom is -0.480 e. The highest BCUT2D eigenvalue weighted by molar-refractivity contribution is 6.30. The topological polar surface area (TPSA) is 83.6 Å². The van der Waals surface area contributed by atoms with E-state index in [0.717, 1.165) is 5.56 Å². The van der Waals surface area contributed by atoms with Crippen LogP contribution in [-0.2, 0) is 4.79 Å². The lowest BCUT2D eigenvalue weighted by Gasteiger charge is -2.19. The van der Waals surface area contributed by atoms with E-state index in [-0.39, 0.29) is 5.76 Å². The van der Waals surface area contributed by atoms with E-state index in [1.54, 1.807) is 24.3 Å². The van der Waals surface area contributed by atoms with Gasteiger partial charge >= 0.3 is 5.97 Å². The van der Waals surface area contributed by atoms with Crippen LogP contribution in [0.2, 0.25) is 5.02 Å². The predicted molar refractivity (Wildman–Crippen MR) is 78.6 cm³/mol. The van der Waals surface area contributed by atoms with Gasteiger partial charge in [-0.3, -0.25) is 4.79 Å². The molecule has 0 aliphatic carbocycles. The summed E-state index contributed by atoms with van der Waals surface area (Å²) in [5.74, 6) is -1.42. The molecular formula is C15H13ClN2O4. The van der Waals surface area contributed by atoms with E-state index in [1.807, 2.05) is 0 Å². The number of amides is 1. The molecule has 1 aliphatic heterocycles. The smallest absolute Gasteiger partial charge is 0.326 e. The van der Waals surface area contributed by atoms with Crippen molar-refractivity contribution in [2.75, 3.05) is 6.54 Å². The molecule has 1 saturated heterocycles. The summed E-state index contributed by atoms with van der Waals surface area (Å²) in [5, 5.41) is 13.6. The summed E-state index contributed by atoms with van der Waals surface area (Å²) >= 11 is 5.92. The Morgan fingerprint density at radius 3 is 2.91 bits per heavy atom. The van der Waals surface area contributed by atoms with Gasteiger partial charge in [-0.25, -0.2) is 4.79 Å². The van der Waals surface area contributed by atoms with E-state index in [1.165, 1.54) is 11.0 Å². The van der Waals surface area contributed by atoms with Crippen LogP contribution in [0.15, 0.2) is 34.9 Å². The van der Waals surface area contributed by atoms with Crippen molar-refractivity contribution in [3.8, 4) is 11.3 Å². The van der Waals surface area contributed by atoms with Crippen LogP contribution in [0.4, 0.5) is 0 Å². The van der Waals surface area contributed by atoms with Gasteiger partial charge in [0, 0.05) is 23.2 Å². The van der Waals surface area contributed by atoms with Crippen LogP contribution in [-0.4, -0.2) is 39.6 Å². The Hall–Kier alpha value is -2.34. The molecule has 2 aromatic rings. The highest BCUT2D eigenvalue weighted by Gasteiger charge is 2.36. The average Bonchev–Trinajstić information content (AvgIpc) is 3.16. The van der Waals surface area contributed by atoms with E-state index >= 15 is 0 Å². The van der Waals surface area contributed by atoms with Gasteiger partial charge in [-0.1, -0.05) is 28.9 Å². The van der Waals surface area contributed by atoms with Crippen molar-refractivity contribution in [2.45, 2.75) is 18.9 Å². The molecule has 1 aliphatic rings. The van der Waals surface area contributed by atoms with Gasteiger partial charge in [-0.15, -0.1) is 0 Å². The third-order valence-corrected chi connectivity index (χ3v) is 3.88. The van der Waals surface area contributed by atoms with Crippen molar-refractivity contribution in [2.24, 2.45) is 0 Å². The molecule has 1 aromatic carbocycles. The third-order valence-electron chi connectivity index (χ3n) is 3.64. The number of hydrogen-bond acceptors (Lipinski definition) is 4. The van der Waals surface area contributed by atoms with Crippen molar-refractivity contribution in [3.63, 3.8) is 0 Å². The van der Waals surface area contributed by atoms with Crippen LogP contribution >= 0.6 is 11.6 Å². The molecule has 114 valence electrons. The molecule has 22 heavy (non-hydrogen) atoms. The first kappa shape index (κ1) is 14.6. The number of aliphatic carboxylic acids is 1. The van der Waals surface area contributed by atoms with E-state index in [0.29, 0.717) is 30.1 Å². The quantitative estimate of drug-likeness (QED) is 0.940. The fourth-order valence-corrected chi connectivity index (χ4v) is 2.76. The number of likely N-dealkylation sites (tertiary alicyclic amines) is 1.